The Morgan fingerprint density at radius 1 is 1.15 bits per heavy atom. The Morgan fingerprint density at radius 2 is 1.73 bits per heavy atom. The zero-order valence-corrected chi connectivity index (χ0v) is 16.9. The molecule has 0 aliphatic rings. The van der Waals surface area contributed by atoms with Crippen LogP contribution >= 0.6 is 11.6 Å². The monoisotopic (exact) mass is 380 g/mol. The van der Waals surface area contributed by atoms with Crippen LogP contribution in [0.15, 0.2) is 35.3 Å². The molecule has 2 rings (SSSR count). The third-order valence-electron chi connectivity index (χ3n) is 4.08. The average molecular weight is 381 g/mol. The van der Waals surface area contributed by atoms with E-state index in [1.54, 1.807) is 0 Å². The summed E-state index contributed by atoms with van der Waals surface area (Å²) in [6, 6.07) is 7.59. The third-order valence-corrected chi connectivity index (χ3v) is 4.43. The van der Waals surface area contributed by atoms with Gasteiger partial charge in [-0.15, -0.1) is 0 Å². The highest BCUT2D eigenvalue weighted by molar-refractivity contribution is 6.31. The molecule has 0 N–H and O–H groups in total. The molecule has 1 aromatic heterocycles. The topological polar surface area (TPSA) is 44.1 Å². The second-order valence-corrected chi connectivity index (χ2v) is 8.72. The molecule has 0 aliphatic heterocycles. The Kier molecular flexibility index (Phi) is 5.81. The Balaban J connectivity index is 2.31. The van der Waals surface area contributed by atoms with E-state index in [9.17, 15) is 9.18 Å². The largest absolute Gasteiger partial charge is 0.479 e. The lowest BCUT2D eigenvalue weighted by Gasteiger charge is -2.23. The molecule has 1 atom stereocenters. The van der Waals surface area contributed by atoms with E-state index >= 15 is 0 Å². The molecule has 142 valence electrons. The minimum atomic E-state index is -0.854. The summed E-state index contributed by atoms with van der Waals surface area (Å²) in [6.45, 7) is 11.1. The van der Waals surface area contributed by atoms with Gasteiger partial charge in [0.2, 0.25) is 0 Å². The van der Waals surface area contributed by atoms with Crippen LogP contribution < -0.4 is 10.3 Å². The van der Waals surface area contributed by atoms with E-state index in [1.165, 1.54) is 10.9 Å². The molecule has 0 bridgehead atoms. The van der Waals surface area contributed by atoms with Crippen molar-refractivity contribution >= 4 is 11.6 Å². The molecule has 0 fully saturated rings. The van der Waals surface area contributed by atoms with Gasteiger partial charge < -0.3 is 4.74 Å². The minimum Gasteiger partial charge on any atom is -0.479 e. The minimum absolute atomic E-state index is 0.00922. The van der Waals surface area contributed by atoms with Crippen molar-refractivity contribution in [2.45, 2.75) is 58.6 Å². The molecule has 2 aromatic rings. The Morgan fingerprint density at radius 3 is 2.19 bits per heavy atom. The molecule has 0 aliphatic carbocycles. The molecule has 26 heavy (non-hydrogen) atoms. The standard InChI is InChI=1S/C20H26ClFN2O2/c1-19(2,3)14-9-7-13(8-10-14)15(11-22)26-16-12-23-24(20(4,5)6)18(25)17(16)21/h7-10,12,15H,11H2,1-6H3. The number of ether oxygens (including phenoxy) is 1. The van der Waals surface area contributed by atoms with Crippen LogP contribution in [0.2, 0.25) is 5.02 Å². The van der Waals surface area contributed by atoms with E-state index in [4.69, 9.17) is 16.3 Å². The van der Waals surface area contributed by atoms with E-state index in [1.807, 2.05) is 45.0 Å². The van der Waals surface area contributed by atoms with E-state index < -0.39 is 23.9 Å². The molecule has 0 saturated heterocycles. The summed E-state index contributed by atoms with van der Waals surface area (Å²) >= 11 is 6.16. The van der Waals surface area contributed by atoms with Crippen LogP contribution in [0.4, 0.5) is 4.39 Å². The molecule has 4 nitrogen and oxygen atoms in total. The molecule has 0 spiro atoms. The van der Waals surface area contributed by atoms with Crippen molar-refractivity contribution in [1.82, 2.24) is 9.78 Å². The van der Waals surface area contributed by atoms with Gasteiger partial charge in [-0.25, -0.2) is 9.07 Å². The first-order valence-electron chi connectivity index (χ1n) is 8.56. The number of hydrogen-bond donors (Lipinski definition) is 0. The number of aromatic nitrogens is 2. The normalized spacial score (nSPS) is 13.5. The molecule has 0 radical (unpaired) electrons. The van der Waals surface area contributed by atoms with Gasteiger partial charge in [-0.3, -0.25) is 4.79 Å². The van der Waals surface area contributed by atoms with Crippen molar-refractivity contribution in [3.05, 3.63) is 57.0 Å². The second-order valence-electron chi connectivity index (χ2n) is 8.34. The van der Waals surface area contributed by atoms with Gasteiger partial charge in [0.05, 0.1) is 11.7 Å². The lowest BCUT2D eigenvalue weighted by atomic mass is 9.86. The highest BCUT2D eigenvalue weighted by Gasteiger charge is 2.22. The first kappa shape index (κ1) is 20.4. The Labute approximate surface area is 158 Å². The fourth-order valence-electron chi connectivity index (χ4n) is 2.52. The zero-order valence-electron chi connectivity index (χ0n) is 16.1. The van der Waals surface area contributed by atoms with Crippen molar-refractivity contribution in [3.63, 3.8) is 0 Å². The molecule has 1 heterocycles. The van der Waals surface area contributed by atoms with Crippen LogP contribution in [-0.2, 0) is 11.0 Å². The van der Waals surface area contributed by atoms with Gasteiger partial charge in [0.1, 0.15) is 6.67 Å². The predicted octanol–water partition coefficient (Wildman–Crippen LogP) is 5.04. The summed E-state index contributed by atoms with van der Waals surface area (Å²) in [5.41, 5.74) is 0.858. The zero-order chi connectivity index (χ0) is 19.7. The van der Waals surface area contributed by atoms with Crippen molar-refractivity contribution in [2.75, 3.05) is 6.67 Å². The molecule has 1 aromatic carbocycles. The number of nitrogens with zero attached hydrogens (tertiary/aromatic N) is 2. The highest BCUT2D eigenvalue weighted by Crippen LogP contribution is 2.29. The molecular formula is C20H26ClFN2O2. The summed E-state index contributed by atoms with van der Waals surface area (Å²) in [5.74, 6) is 0.0831. The van der Waals surface area contributed by atoms with Crippen molar-refractivity contribution in [1.29, 1.82) is 0 Å². The van der Waals surface area contributed by atoms with Gasteiger partial charge in [-0.1, -0.05) is 56.6 Å². The van der Waals surface area contributed by atoms with Crippen molar-refractivity contribution < 1.29 is 9.13 Å². The molecule has 6 heteroatoms. The van der Waals surface area contributed by atoms with Gasteiger partial charge in [-0.2, -0.15) is 5.10 Å². The Bertz CT molecular complexity index is 818. The van der Waals surface area contributed by atoms with E-state index in [-0.39, 0.29) is 16.2 Å². The summed E-state index contributed by atoms with van der Waals surface area (Å²) in [6.07, 6.45) is 0.509. The fraction of sp³-hybridized carbons (Fsp3) is 0.500. The summed E-state index contributed by atoms with van der Waals surface area (Å²) < 4.78 is 20.5. The lowest BCUT2D eigenvalue weighted by Crippen LogP contribution is -2.36. The second kappa shape index (κ2) is 7.39. The number of hydrogen-bond acceptors (Lipinski definition) is 3. The molecule has 0 saturated carbocycles. The van der Waals surface area contributed by atoms with Crippen LogP contribution in [0.25, 0.3) is 0 Å². The third kappa shape index (κ3) is 4.44. The number of halogens is 2. The van der Waals surface area contributed by atoms with Gasteiger partial charge in [0.15, 0.2) is 16.9 Å². The van der Waals surface area contributed by atoms with Crippen LogP contribution in [0.5, 0.6) is 5.75 Å². The van der Waals surface area contributed by atoms with Crippen LogP contribution in [0.3, 0.4) is 0 Å². The number of rotatable bonds is 4. The quantitative estimate of drug-likeness (QED) is 0.746. The first-order valence-corrected chi connectivity index (χ1v) is 8.94. The maximum absolute atomic E-state index is 13.6. The predicted molar refractivity (Wildman–Crippen MR) is 103 cm³/mol. The highest BCUT2D eigenvalue weighted by atomic mass is 35.5. The van der Waals surface area contributed by atoms with Crippen LogP contribution in [0, 0.1) is 0 Å². The number of benzene rings is 1. The fourth-order valence-corrected chi connectivity index (χ4v) is 2.69. The van der Waals surface area contributed by atoms with E-state index in [0.717, 1.165) is 5.56 Å². The summed E-state index contributed by atoms with van der Waals surface area (Å²) in [5, 5.41) is 4.01. The molecule has 0 amide bonds. The van der Waals surface area contributed by atoms with Crippen LogP contribution in [-0.4, -0.2) is 16.5 Å². The van der Waals surface area contributed by atoms with Gasteiger partial charge >= 0.3 is 0 Å². The smallest absolute Gasteiger partial charge is 0.289 e. The van der Waals surface area contributed by atoms with Crippen molar-refractivity contribution in [3.8, 4) is 5.75 Å². The van der Waals surface area contributed by atoms with Gasteiger partial charge in [-0.05, 0) is 37.3 Å². The Hall–Kier alpha value is -1.88. The van der Waals surface area contributed by atoms with E-state index in [0.29, 0.717) is 5.56 Å². The van der Waals surface area contributed by atoms with Gasteiger partial charge in [0.25, 0.3) is 5.56 Å². The molecular weight excluding hydrogens is 355 g/mol. The SMILES string of the molecule is CC(C)(C)c1ccc(C(CF)Oc2cnn(C(C)(C)C)c(=O)c2Cl)cc1. The van der Waals surface area contributed by atoms with Gasteiger partial charge in [0, 0.05) is 0 Å². The average Bonchev–Trinajstić information content (AvgIpc) is 2.54. The molecule has 1 unspecified atom stereocenters. The summed E-state index contributed by atoms with van der Waals surface area (Å²) in [7, 11) is 0. The lowest BCUT2D eigenvalue weighted by molar-refractivity contribution is 0.164. The maximum atomic E-state index is 13.6. The maximum Gasteiger partial charge on any atom is 0.289 e. The summed E-state index contributed by atoms with van der Waals surface area (Å²) in [4.78, 5) is 12.4. The van der Waals surface area contributed by atoms with E-state index in [2.05, 4.69) is 25.9 Å². The first-order chi connectivity index (χ1) is 11.9. The number of alkyl halides is 1. The van der Waals surface area contributed by atoms with Crippen LogP contribution in [0.1, 0.15) is 58.8 Å². The van der Waals surface area contributed by atoms with Crippen molar-refractivity contribution in [2.24, 2.45) is 0 Å².